The van der Waals surface area contributed by atoms with Gasteiger partial charge in [-0.1, -0.05) is 54.6 Å². The number of carbonyl (C=O) groups excluding carboxylic acids is 6. The van der Waals surface area contributed by atoms with Crippen LogP contribution >= 0.6 is 19.0 Å². The van der Waals surface area contributed by atoms with Crippen molar-refractivity contribution < 1.29 is 55.2 Å². The van der Waals surface area contributed by atoms with Crippen LogP contribution < -0.4 is 49.3 Å². The molecular formula is C41H52BrN4O8PS. The van der Waals surface area contributed by atoms with Crippen molar-refractivity contribution in [1.82, 2.24) is 15.5 Å². The summed E-state index contributed by atoms with van der Waals surface area (Å²) < 4.78 is 9.76. The fourth-order valence-corrected chi connectivity index (χ4v) is 12.1. The van der Waals surface area contributed by atoms with E-state index in [1.165, 1.54) is 20.8 Å². The second-order valence-electron chi connectivity index (χ2n) is 13.1. The number of ether oxygens (including phenoxy) is 2. The third-order valence-electron chi connectivity index (χ3n) is 9.27. The van der Waals surface area contributed by atoms with E-state index in [2.05, 4.69) is 83.4 Å². The smallest absolute Gasteiger partial charge is 0.325 e. The number of amides is 4. The van der Waals surface area contributed by atoms with Crippen LogP contribution in [0.3, 0.4) is 0 Å². The quantitative estimate of drug-likeness (QED) is 0.0534. The number of hydrogen-bond acceptors (Lipinski definition) is 10. The summed E-state index contributed by atoms with van der Waals surface area (Å²) in [4.78, 5) is 77.4. The van der Waals surface area contributed by atoms with E-state index in [1.54, 1.807) is 13.8 Å². The molecule has 1 fully saturated rings. The molecule has 0 radical (unpaired) electrons. The lowest BCUT2D eigenvalue weighted by molar-refractivity contribution is -0.145. The van der Waals surface area contributed by atoms with E-state index in [1.807, 2.05) is 18.2 Å². The maximum Gasteiger partial charge on any atom is 0.325 e. The standard InChI is InChI=1S/C41H51N4O8PS.BrH/c1-3-52-38(48)28-43-39(49)34(44-36(46)24-23-33(42)41(51)53-4-2)29-55-35-27-37(47)45(40(35)50)25-15-8-16-26-54(30-17-9-5-10-18-30,31-19-11-6-12-20-31)32-21-13-7-14-22-32;/h5-7,9-14,17-22,33-35H,3-4,8,15-16,23-29,42H2,1-2H3,(H-,43,44,46,49);1H. The van der Waals surface area contributed by atoms with Crippen LogP contribution in [0.15, 0.2) is 91.0 Å². The largest absolute Gasteiger partial charge is 1.00 e. The highest BCUT2D eigenvalue weighted by atomic mass is 79.9. The van der Waals surface area contributed by atoms with Gasteiger partial charge in [0.1, 0.15) is 41.8 Å². The Balaban J connectivity index is 0.00000841. The number of esters is 2. The van der Waals surface area contributed by atoms with Gasteiger partial charge in [0.25, 0.3) is 0 Å². The second-order valence-corrected chi connectivity index (χ2v) is 17.9. The van der Waals surface area contributed by atoms with Gasteiger partial charge in [-0.15, -0.1) is 11.8 Å². The fraction of sp³-hybridized carbons (Fsp3) is 0.415. The van der Waals surface area contributed by atoms with Crippen LogP contribution in [-0.4, -0.2) is 96.0 Å². The SMILES string of the molecule is CCOC(=O)CNC(=O)C(CSC1CC(=O)N(CCCCC[P+](c2ccccc2)(c2ccccc2)c2ccccc2)C1=O)NC(=O)CCC(N)C(=O)OCC.[Br-]. The minimum atomic E-state index is -1.99. The molecule has 4 amide bonds. The number of nitrogens with two attached hydrogens (primary N) is 1. The molecule has 0 aromatic heterocycles. The third kappa shape index (κ3) is 13.0. The van der Waals surface area contributed by atoms with Gasteiger partial charge >= 0.3 is 11.9 Å². The monoisotopic (exact) mass is 870 g/mol. The first-order valence-electron chi connectivity index (χ1n) is 18.8. The maximum atomic E-state index is 13.5. The molecule has 1 heterocycles. The van der Waals surface area contributed by atoms with Crippen LogP contribution in [0.5, 0.6) is 0 Å². The molecule has 3 aromatic rings. The number of imide groups is 1. The Bertz CT molecular complexity index is 1640. The van der Waals surface area contributed by atoms with Crippen LogP contribution in [0.2, 0.25) is 0 Å². The van der Waals surface area contributed by atoms with Crippen LogP contribution in [-0.2, 0) is 38.2 Å². The zero-order valence-electron chi connectivity index (χ0n) is 31.9. The molecule has 0 bridgehead atoms. The van der Waals surface area contributed by atoms with Crippen molar-refractivity contribution in [2.24, 2.45) is 5.73 Å². The van der Waals surface area contributed by atoms with E-state index in [0.717, 1.165) is 30.8 Å². The molecule has 1 aliphatic rings. The number of hydrogen-bond donors (Lipinski definition) is 3. The minimum Gasteiger partial charge on any atom is -1.00 e. The van der Waals surface area contributed by atoms with Crippen molar-refractivity contribution in [3.8, 4) is 0 Å². The van der Waals surface area contributed by atoms with Gasteiger partial charge in [0.15, 0.2) is 0 Å². The van der Waals surface area contributed by atoms with Crippen LogP contribution in [0.1, 0.15) is 52.4 Å². The number of carbonyl (C=O) groups is 6. The topological polar surface area (TPSA) is 174 Å². The molecule has 3 aromatic carbocycles. The van der Waals surface area contributed by atoms with Crippen LogP contribution in [0.25, 0.3) is 0 Å². The lowest BCUT2D eigenvalue weighted by Gasteiger charge is -2.27. The molecule has 12 nitrogen and oxygen atoms in total. The number of unbranched alkanes of at least 4 members (excludes halogenated alkanes) is 2. The van der Waals surface area contributed by atoms with Gasteiger partial charge in [-0.25, -0.2) is 0 Å². The molecule has 56 heavy (non-hydrogen) atoms. The number of nitrogens with one attached hydrogen (secondary N) is 2. The number of halogens is 1. The molecule has 3 atom stereocenters. The molecule has 4 N–H and O–H groups in total. The highest BCUT2D eigenvalue weighted by Crippen LogP contribution is 2.56. The Kier molecular flexibility index (Phi) is 19.7. The maximum absolute atomic E-state index is 13.5. The summed E-state index contributed by atoms with van der Waals surface area (Å²) in [5, 5.41) is 8.27. The average Bonchev–Trinajstić information content (AvgIpc) is 3.47. The van der Waals surface area contributed by atoms with Crippen molar-refractivity contribution in [3.05, 3.63) is 91.0 Å². The van der Waals surface area contributed by atoms with Gasteiger partial charge in [0, 0.05) is 25.1 Å². The Morgan fingerprint density at radius 2 is 1.39 bits per heavy atom. The molecule has 3 unspecified atom stereocenters. The summed E-state index contributed by atoms with van der Waals surface area (Å²) in [6.07, 6.45) is 3.11. The number of thioether (sulfide) groups is 1. The first kappa shape index (κ1) is 46.3. The summed E-state index contributed by atoms with van der Waals surface area (Å²) in [6.45, 7) is 3.46. The van der Waals surface area contributed by atoms with Crippen molar-refractivity contribution in [2.45, 2.75) is 69.7 Å². The normalized spacial score (nSPS) is 15.0. The molecule has 1 saturated heterocycles. The molecule has 1 aliphatic heterocycles. The number of nitrogens with zero attached hydrogens (tertiary/aromatic N) is 1. The number of likely N-dealkylation sites (tertiary alicyclic amines) is 1. The van der Waals surface area contributed by atoms with Gasteiger partial charge in [-0.3, -0.25) is 33.7 Å². The second kappa shape index (κ2) is 23.8. The van der Waals surface area contributed by atoms with Crippen LogP contribution in [0, 0.1) is 0 Å². The Labute approximate surface area is 344 Å². The van der Waals surface area contributed by atoms with Gasteiger partial charge < -0.3 is 42.8 Å². The highest BCUT2D eigenvalue weighted by Gasteiger charge is 2.45. The van der Waals surface area contributed by atoms with E-state index < -0.39 is 54.9 Å². The zero-order chi connectivity index (χ0) is 39.6. The lowest BCUT2D eigenvalue weighted by atomic mass is 10.1. The molecule has 15 heteroatoms. The van der Waals surface area contributed by atoms with Gasteiger partial charge in [0.05, 0.1) is 24.6 Å². The molecular weight excluding hydrogens is 819 g/mol. The Morgan fingerprint density at radius 1 is 0.839 bits per heavy atom. The number of rotatable bonds is 22. The summed E-state index contributed by atoms with van der Waals surface area (Å²) in [7, 11) is -1.99. The predicted octanol–water partition coefficient (Wildman–Crippen LogP) is -0.150. The Hall–Kier alpha value is -4.10. The van der Waals surface area contributed by atoms with Crippen molar-refractivity contribution in [2.75, 3.05) is 38.2 Å². The fourth-order valence-electron chi connectivity index (χ4n) is 6.51. The number of benzene rings is 3. The molecule has 0 spiro atoms. The minimum absolute atomic E-state index is 0. The zero-order valence-corrected chi connectivity index (χ0v) is 35.2. The van der Waals surface area contributed by atoms with E-state index in [-0.39, 0.29) is 67.0 Å². The Morgan fingerprint density at radius 3 is 1.93 bits per heavy atom. The third-order valence-corrected chi connectivity index (χ3v) is 15.1. The average molecular weight is 872 g/mol. The van der Waals surface area contributed by atoms with Crippen molar-refractivity contribution >= 4 is 70.5 Å². The van der Waals surface area contributed by atoms with Crippen molar-refractivity contribution in [3.63, 3.8) is 0 Å². The van der Waals surface area contributed by atoms with Gasteiger partial charge in [0.2, 0.25) is 23.6 Å². The molecule has 0 aliphatic carbocycles. The van der Waals surface area contributed by atoms with Crippen LogP contribution in [0.4, 0.5) is 0 Å². The van der Waals surface area contributed by atoms with E-state index >= 15 is 0 Å². The molecule has 302 valence electrons. The summed E-state index contributed by atoms with van der Waals surface area (Å²) in [5.41, 5.74) is 5.82. The molecule has 0 saturated carbocycles. The van der Waals surface area contributed by atoms with E-state index in [4.69, 9.17) is 15.2 Å². The summed E-state index contributed by atoms with van der Waals surface area (Å²) in [5.74, 6) is -3.12. The first-order chi connectivity index (χ1) is 26.6. The van der Waals surface area contributed by atoms with Gasteiger partial charge in [-0.05, 0) is 75.9 Å². The van der Waals surface area contributed by atoms with Crippen molar-refractivity contribution in [1.29, 1.82) is 0 Å². The van der Waals surface area contributed by atoms with E-state index in [9.17, 15) is 28.8 Å². The van der Waals surface area contributed by atoms with Gasteiger partial charge in [-0.2, -0.15) is 0 Å². The predicted molar refractivity (Wildman–Crippen MR) is 217 cm³/mol. The van der Waals surface area contributed by atoms with E-state index in [0.29, 0.717) is 13.0 Å². The summed E-state index contributed by atoms with van der Waals surface area (Å²) >= 11 is 1.10. The highest BCUT2D eigenvalue weighted by molar-refractivity contribution is 8.00. The lowest BCUT2D eigenvalue weighted by Crippen LogP contribution is -3.00. The molecule has 4 rings (SSSR count). The first-order valence-corrected chi connectivity index (χ1v) is 21.8. The summed E-state index contributed by atoms with van der Waals surface area (Å²) in [6, 6.07) is 29.8.